The Kier molecular flexibility index (Phi) is 8.18. The average molecular weight is 496 g/mol. The quantitative estimate of drug-likeness (QED) is 0.534. The maximum absolute atomic E-state index is 13.0. The molecule has 0 bridgehead atoms. The number of hydrogen-bond acceptors (Lipinski definition) is 7. The van der Waals surface area contributed by atoms with E-state index in [9.17, 15) is 13.2 Å². The van der Waals surface area contributed by atoms with Crippen LogP contribution in [0.2, 0.25) is 0 Å². The molecule has 9 nitrogen and oxygen atoms in total. The first kappa shape index (κ1) is 24.3. The summed E-state index contributed by atoms with van der Waals surface area (Å²) in [7, 11) is -3.69. The molecule has 0 atom stereocenters. The van der Waals surface area contributed by atoms with Crippen LogP contribution in [-0.2, 0) is 26.1 Å². The number of aromatic nitrogens is 2. The lowest BCUT2D eigenvalue weighted by molar-refractivity contribution is -0.132. The van der Waals surface area contributed by atoms with Crippen molar-refractivity contribution in [1.82, 2.24) is 24.1 Å². The van der Waals surface area contributed by atoms with E-state index in [0.29, 0.717) is 17.2 Å². The smallest absolute Gasteiger partial charge is 0.242 e. The minimum absolute atomic E-state index is 0.0160. The number of sulfonamides is 1. The fourth-order valence-corrected chi connectivity index (χ4v) is 6.16. The first-order chi connectivity index (χ1) is 15.9. The Morgan fingerprint density at radius 3 is 2.64 bits per heavy atom. The molecule has 0 aliphatic carbocycles. The summed E-state index contributed by atoms with van der Waals surface area (Å²) >= 11 is 1.45. The van der Waals surface area contributed by atoms with E-state index in [1.807, 2.05) is 17.2 Å². The normalized spacial score (nSPS) is 18.0. The van der Waals surface area contributed by atoms with Crippen LogP contribution in [0.4, 0.5) is 0 Å². The second kappa shape index (κ2) is 11.1. The van der Waals surface area contributed by atoms with Crippen molar-refractivity contribution in [3.63, 3.8) is 0 Å². The molecule has 2 aliphatic heterocycles. The Bertz CT molecular complexity index is 1040. The number of piperidine rings is 1. The molecule has 2 saturated heterocycles. The monoisotopic (exact) mass is 495 g/mol. The summed E-state index contributed by atoms with van der Waals surface area (Å²) in [4.78, 5) is 21.7. The number of carbonyl (C=O) groups is 1. The van der Waals surface area contributed by atoms with Gasteiger partial charge in [-0.05, 0) is 45.2 Å². The second-order valence-electron chi connectivity index (χ2n) is 8.63. The Balaban J connectivity index is 1.45. The fourth-order valence-electron chi connectivity index (χ4n) is 4.22. The molecular formula is C22H33N5O4S2. The van der Waals surface area contributed by atoms with Crippen molar-refractivity contribution >= 4 is 27.3 Å². The van der Waals surface area contributed by atoms with Crippen LogP contribution in [0.3, 0.4) is 0 Å². The zero-order chi connectivity index (χ0) is 23.3. The number of likely N-dealkylation sites (tertiary alicyclic amines) is 1. The van der Waals surface area contributed by atoms with Crippen LogP contribution in [0.15, 0.2) is 22.5 Å². The number of nitrogens with one attached hydrogen (secondary N) is 1. The van der Waals surface area contributed by atoms with Crippen molar-refractivity contribution < 1.29 is 17.9 Å². The van der Waals surface area contributed by atoms with E-state index in [1.165, 1.54) is 11.3 Å². The Morgan fingerprint density at radius 1 is 1.18 bits per heavy atom. The number of ether oxygens (including phenoxy) is 1. The van der Waals surface area contributed by atoms with Gasteiger partial charge in [0.1, 0.15) is 16.4 Å². The van der Waals surface area contributed by atoms with Crippen LogP contribution in [0.25, 0.3) is 10.7 Å². The van der Waals surface area contributed by atoms with Gasteiger partial charge < -0.3 is 14.2 Å². The highest BCUT2D eigenvalue weighted by molar-refractivity contribution is 7.89. The summed E-state index contributed by atoms with van der Waals surface area (Å²) in [6.07, 6.45) is 5.48. The molecule has 0 aromatic carbocycles. The molecule has 0 radical (unpaired) electrons. The van der Waals surface area contributed by atoms with Crippen LogP contribution in [0.1, 0.15) is 31.4 Å². The molecule has 182 valence electrons. The van der Waals surface area contributed by atoms with Gasteiger partial charge in [-0.2, -0.15) is 0 Å². The van der Waals surface area contributed by atoms with Crippen LogP contribution >= 0.6 is 11.3 Å². The third-order valence-electron chi connectivity index (χ3n) is 6.08. The van der Waals surface area contributed by atoms with Gasteiger partial charge in [0.05, 0.1) is 18.9 Å². The van der Waals surface area contributed by atoms with Gasteiger partial charge in [0.25, 0.3) is 0 Å². The average Bonchev–Trinajstić information content (AvgIpc) is 3.44. The molecule has 1 amide bonds. The largest absolute Gasteiger partial charge is 0.379 e. The van der Waals surface area contributed by atoms with Crippen molar-refractivity contribution in [2.24, 2.45) is 0 Å². The van der Waals surface area contributed by atoms with Gasteiger partial charge >= 0.3 is 0 Å². The van der Waals surface area contributed by atoms with E-state index < -0.39 is 10.0 Å². The molecule has 4 rings (SSSR count). The van der Waals surface area contributed by atoms with Crippen molar-refractivity contribution in [3.8, 4) is 10.7 Å². The summed E-state index contributed by atoms with van der Waals surface area (Å²) in [6, 6.07) is 1.63. The van der Waals surface area contributed by atoms with E-state index in [4.69, 9.17) is 4.74 Å². The van der Waals surface area contributed by atoms with Gasteiger partial charge in [0, 0.05) is 50.0 Å². The first-order valence-corrected chi connectivity index (χ1v) is 14.0. The molecule has 4 heterocycles. The summed E-state index contributed by atoms with van der Waals surface area (Å²) in [6.45, 7) is 7.98. The Hall–Kier alpha value is -1.79. The molecule has 2 aliphatic rings. The number of thiazole rings is 1. The van der Waals surface area contributed by atoms with Gasteiger partial charge in [-0.15, -0.1) is 11.3 Å². The van der Waals surface area contributed by atoms with Crippen LogP contribution in [-0.4, -0.2) is 86.2 Å². The number of amides is 1. The van der Waals surface area contributed by atoms with Crippen LogP contribution in [0, 0.1) is 6.92 Å². The lowest BCUT2D eigenvalue weighted by atomic mass is 10.1. The highest BCUT2D eigenvalue weighted by Crippen LogP contribution is 2.28. The van der Waals surface area contributed by atoms with Crippen molar-refractivity contribution in [2.75, 3.05) is 52.5 Å². The van der Waals surface area contributed by atoms with Crippen molar-refractivity contribution in [1.29, 1.82) is 0 Å². The summed E-state index contributed by atoms with van der Waals surface area (Å²) in [5.41, 5.74) is 1.53. The van der Waals surface area contributed by atoms with Gasteiger partial charge in [-0.1, -0.05) is 0 Å². The van der Waals surface area contributed by atoms with E-state index >= 15 is 0 Å². The molecule has 2 aromatic heterocycles. The van der Waals surface area contributed by atoms with Crippen molar-refractivity contribution in [2.45, 2.75) is 44.0 Å². The number of nitrogens with zero attached hydrogens (tertiary/aromatic N) is 4. The zero-order valence-electron chi connectivity index (χ0n) is 19.2. The molecule has 11 heteroatoms. The molecule has 0 spiro atoms. The predicted octanol–water partition coefficient (Wildman–Crippen LogP) is 1.93. The van der Waals surface area contributed by atoms with E-state index in [1.54, 1.807) is 16.8 Å². The zero-order valence-corrected chi connectivity index (χ0v) is 20.8. The summed E-state index contributed by atoms with van der Waals surface area (Å²) < 4.78 is 35.8. The van der Waals surface area contributed by atoms with Gasteiger partial charge in [-0.25, -0.2) is 18.1 Å². The Morgan fingerprint density at radius 2 is 1.94 bits per heavy atom. The molecule has 2 aromatic rings. The molecule has 33 heavy (non-hydrogen) atoms. The molecule has 2 fully saturated rings. The highest BCUT2D eigenvalue weighted by Gasteiger charge is 2.23. The molecule has 0 saturated carbocycles. The number of aryl methyl sites for hydroxylation is 1. The minimum atomic E-state index is -3.69. The van der Waals surface area contributed by atoms with Gasteiger partial charge in [-0.3, -0.25) is 9.69 Å². The number of carbonyl (C=O) groups excluding carboxylic acids is 1. The van der Waals surface area contributed by atoms with Crippen molar-refractivity contribution in [3.05, 3.63) is 23.3 Å². The number of hydrogen-bond donors (Lipinski definition) is 1. The maximum Gasteiger partial charge on any atom is 0.242 e. The third kappa shape index (κ3) is 6.42. The standard InChI is InChI=1S/C22H33N5O4S2/c1-18-17-32-22(24-18)20-14-19(15-27(20)16-21(28)26-8-3-2-4-9-26)33(29,30)23-6-5-7-25-10-12-31-13-11-25/h14-15,17,23H,2-13,16H2,1H3. The SMILES string of the molecule is Cc1csc(-c2cc(S(=O)(=O)NCCCN3CCOCC3)cn2CC(=O)N2CCCCC2)n1. The topological polar surface area (TPSA) is 96.8 Å². The second-order valence-corrected chi connectivity index (χ2v) is 11.3. The minimum Gasteiger partial charge on any atom is -0.379 e. The van der Waals surface area contributed by atoms with Crippen LogP contribution < -0.4 is 4.72 Å². The number of morpholine rings is 1. The summed E-state index contributed by atoms with van der Waals surface area (Å²) in [5.74, 6) is 0.0160. The number of rotatable bonds is 9. The molecular weight excluding hydrogens is 462 g/mol. The lowest BCUT2D eigenvalue weighted by Gasteiger charge is -2.27. The fraction of sp³-hybridized carbons (Fsp3) is 0.636. The molecule has 0 unspecified atom stereocenters. The third-order valence-corrected chi connectivity index (χ3v) is 8.49. The maximum atomic E-state index is 13.0. The van der Waals surface area contributed by atoms with Crippen LogP contribution in [0.5, 0.6) is 0 Å². The van der Waals surface area contributed by atoms with E-state index in [-0.39, 0.29) is 17.3 Å². The van der Waals surface area contributed by atoms with E-state index in [2.05, 4.69) is 14.6 Å². The predicted molar refractivity (Wildman–Crippen MR) is 128 cm³/mol. The van der Waals surface area contributed by atoms with Gasteiger partial charge in [0.15, 0.2) is 0 Å². The Labute approximate surface area is 199 Å². The van der Waals surface area contributed by atoms with E-state index in [0.717, 1.165) is 77.3 Å². The summed E-state index contributed by atoms with van der Waals surface area (Å²) in [5, 5.41) is 2.64. The molecule has 1 N–H and O–H groups in total. The van der Waals surface area contributed by atoms with Gasteiger partial charge in [0.2, 0.25) is 15.9 Å². The first-order valence-electron chi connectivity index (χ1n) is 11.6. The lowest BCUT2D eigenvalue weighted by Crippen LogP contribution is -2.38. The highest BCUT2D eigenvalue weighted by atomic mass is 32.2.